The third kappa shape index (κ3) is 4.82. The van der Waals surface area contributed by atoms with Crippen molar-refractivity contribution in [1.29, 1.82) is 0 Å². The first-order chi connectivity index (χ1) is 13.6. The number of rotatable bonds is 4. The van der Waals surface area contributed by atoms with Crippen LogP contribution in [0.3, 0.4) is 0 Å². The predicted octanol–water partition coefficient (Wildman–Crippen LogP) is 3.72. The van der Waals surface area contributed by atoms with Crippen LogP contribution in [0.4, 0.5) is 4.39 Å². The Hall–Kier alpha value is -1.71. The van der Waals surface area contributed by atoms with E-state index in [1.807, 2.05) is 12.1 Å². The van der Waals surface area contributed by atoms with Crippen LogP contribution in [-0.2, 0) is 13.1 Å². The minimum Gasteiger partial charge on any atom is -0.384 e. The second-order valence-electron chi connectivity index (χ2n) is 8.13. The van der Waals surface area contributed by atoms with E-state index in [1.54, 1.807) is 23.5 Å². The molecule has 0 saturated carbocycles. The number of hydrogen-bond donors (Lipinski definition) is 1. The van der Waals surface area contributed by atoms with Crippen molar-refractivity contribution in [3.8, 4) is 11.8 Å². The molecule has 1 atom stereocenters. The Bertz CT molecular complexity index is 853. The van der Waals surface area contributed by atoms with Crippen molar-refractivity contribution in [1.82, 2.24) is 9.80 Å². The minimum atomic E-state index is -0.163. The van der Waals surface area contributed by atoms with Gasteiger partial charge in [0.25, 0.3) is 0 Å². The van der Waals surface area contributed by atoms with Gasteiger partial charge in [-0.1, -0.05) is 24.0 Å². The molecule has 0 bridgehead atoms. The fourth-order valence-electron chi connectivity index (χ4n) is 4.67. The Morgan fingerprint density at radius 3 is 2.57 bits per heavy atom. The highest BCUT2D eigenvalue weighted by Gasteiger charge is 2.41. The molecular weight excluding hydrogens is 371 g/mol. The highest BCUT2D eigenvalue weighted by molar-refractivity contribution is 7.12. The fraction of sp³-hybridized carbons (Fsp3) is 0.478. The van der Waals surface area contributed by atoms with Crippen LogP contribution in [-0.4, -0.2) is 47.7 Å². The largest absolute Gasteiger partial charge is 0.384 e. The normalized spacial score (nSPS) is 23.1. The number of nitrogens with zero attached hydrogens (tertiary/aromatic N) is 2. The first-order valence-corrected chi connectivity index (χ1v) is 10.8. The number of hydrogen-bond acceptors (Lipinski definition) is 4. The summed E-state index contributed by atoms with van der Waals surface area (Å²) in [6, 6.07) is 11.2. The number of aliphatic hydroxyl groups excluding tert-OH is 1. The summed E-state index contributed by atoms with van der Waals surface area (Å²) < 4.78 is 13.2. The van der Waals surface area contributed by atoms with Crippen molar-refractivity contribution in [3.05, 3.63) is 57.5 Å². The average Bonchev–Trinajstić information content (AvgIpc) is 3.29. The molecular formula is C23H27FN2OS. The van der Waals surface area contributed by atoms with Crippen LogP contribution < -0.4 is 0 Å². The molecule has 1 N–H and O–H groups in total. The molecule has 3 nitrogen and oxygen atoms in total. The maximum Gasteiger partial charge on any atom is 0.123 e. The summed E-state index contributed by atoms with van der Waals surface area (Å²) in [5, 5.41) is 8.83. The van der Waals surface area contributed by atoms with Gasteiger partial charge in [-0.25, -0.2) is 4.39 Å². The third-order valence-electron chi connectivity index (χ3n) is 5.91. The zero-order valence-corrected chi connectivity index (χ0v) is 17.0. The van der Waals surface area contributed by atoms with Crippen LogP contribution in [0.5, 0.6) is 0 Å². The minimum absolute atomic E-state index is 0.0870. The van der Waals surface area contributed by atoms with Crippen molar-refractivity contribution >= 4 is 11.3 Å². The second-order valence-corrected chi connectivity index (χ2v) is 9.30. The molecule has 148 valence electrons. The lowest BCUT2D eigenvalue weighted by molar-refractivity contribution is 0.0867. The summed E-state index contributed by atoms with van der Waals surface area (Å²) in [6.45, 7) is 6.40. The molecule has 28 heavy (non-hydrogen) atoms. The van der Waals surface area contributed by atoms with Gasteiger partial charge in [0.05, 0.1) is 4.88 Å². The van der Waals surface area contributed by atoms with Gasteiger partial charge < -0.3 is 5.11 Å². The molecule has 4 rings (SSSR count). The first-order valence-electron chi connectivity index (χ1n) is 10.0. The Labute approximate surface area is 170 Å². The molecule has 2 aliphatic rings. The van der Waals surface area contributed by atoms with Crippen LogP contribution in [0.15, 0.2) is 36.4 Å². The van der Waals surface area contributed by atoms with Crippen molar-refractivity contribution in [3.63, 3.8) is 0 Å². The maximum atomic E-state index is 13.2. The molecule has 2 aromatic rings. The number of benzene rings is 1. The van der Waals surface area contributed by atoms with Gasteiger partial charge in [-0.15, -0.1) is 11.3 Å². The Kier molecular flexibility index (Phi) is 6.13. The molecule has 2 saturated heterocycles. The quantitative estimate of drug-likeness (QED) is 0.796. The Morgan fingerprint density at radius 1 is 1.00 bits per heavy atom. The average molecular weight is 399 g/mol. The van der Waals surface area contributed by atoms with E-state index >= 15 is 0 Å². The van der Waals surface area contributed by atoms with Gasteiger partial charge in [0.1, 0.15) is 12.4 Å². The van der Waals surface area contributed by atoms with E-state index in [0.717, 1.165) is 44.1 Å². The van der Waals surface area contributed by atoms with Gasteiger partial charge >= 0.3 is 0 Å². The molecule has 1 aromatic carbocycles. The zero-order chi connectivity index (χ0) is 19.4. The summed E-state index contributed by atoms with van der Waals surface area (Å²) in [7, 11) is 0. The van der Waals surface area contributed by atoms with E-state index in [4.69, 9.17) is 5.11 Å². The van der Waals surface area contributed by atoms with Crippen molar-refractivity contribution < 1.29 is 9.50 Å². The summed E-state index contributed by atoms with van der Waals surface area (Å²) >= 11 is 1.73. The number of likely N-dealkylation sites (tertiary alicyclic amines) is 2. The van der Waals surface area contributed by atoms with Crippen LogP contribution >= 0.6 is 11.3 Å². The van der Waals surface area contributed by atoms with E-state index in [9.17, 15) is 4.39 Å². The molecule has 3 heterocycles. The van der Waals surface area contributed by atoms with Crippen LogP contribution in [0.1, 0.15) is 34.6 Å². The monoisotopic (exact) mass is 398 g/mol. The molecule has 1 spiro atoms. The summed E-state index contributed by atoms with van der Waals surface area (Å²) in [5.41, 5.74) is 1.60. The van der Waals surface area contributed by atoms with Crippen molar-refractivity contribution in [2.75, 3.05) is 32.8 Å². The fourth-order valence-corrected chi connectivity index (χ4v) is 5.59. The lowest BCUT2D eigenvalue weighted by Gasteiger charge is -2.40. The lowest BCUT2D eigenvalue weighted by atomic mass is 9.79. The highest BCUT2D eigenvalue weighted by Crippen LogP contribution is 2.40. The number of piperidine rings is 1. The molecule has 1 aromatic heterocycles. The van der Waals surface area contributed by atoms with E-state index in [-0.39, 0.29) is 12.4 Å². The van der Waals surface area contributed by atoms with E-state index < -0.39 is 0 Å². The van der Waals surface area contributed by atoms with Crippen LogP contribution in [0.25, 0.3) is 0 Å². The van der Waals surface area contributed by atoms with E-state index in [2.05, 4.69) is 33.8 Å². The number of aliphatic hydroxyl groups is 1. The Morgan fingerprint density at radius 2 is 1.79 bits per heavy atom. The van der Waals surface area contributed by atoms with Gasteiger partial charge in [-0.05, 0) is 67.6 Å². The van der Waals surface area contributed by atoms with E-state index in [1.165, 1.54) is 29.7 Å². The maximum absolute atomic E-state index is 13.2. The first kappa shape index (κ1) is 19.6. The van der Waals surface area contributed by atoms with Gasteiger partial charge in [0.15, 0.2) is 0 Å². The van der Waals surface area contributed by atoms with E-state index in [0.29, 0.717) is 5.41 Å². The van der Waals surface area contributed by atoms with Crippen LogP contribution in [0.2, 0.25) is 0 Å². The summed E-state index contributed by atoms with van der Waals surface area (Å²) in [6.07, 6.45) is 3.81. The molecule has 0 radical (unpaired) electrons. The Balaban J connectivity index is 1.34. The summed E-state index contributed by atoms with van der Waals surface area (Å²) in [5.74, 6) is 5.56. The van der Waals surface area contributed by atoms with Gasteiger partial charge in [-0.2, -0.15) is 0 Å². The number of thiophene rings is 1. The SMILES string of the molecule is OCC#Cc1ccc(CN2CC[C@@]3(CCCN(Cc4ccc(F)cc4)C3)C2)s1. The second kappa shape index (κ2) is 8.75. The molecule has 0 amide bonds. The molecule has 2 aliphatic heterocycles. The zero-order valence-electron chi connectivity index (χ0n) is 16.2. The lowest BCUT2D eigenvalue weighted by Crippen LogP contribution is -2.44. The smallest absolute Gasteiger partial charge is 0.123 e. The van der Waals surface area contributed by atoms with Crippen molar-refractivity contribution in [2.45, 2.75) is 32.4 Å². The molecule has 5 heteroatoms. The predicted molar refractivity (Wildman–Crippen MR) is 112 cm³/mol. The number of halogens is 1. The van der Waals surface area contributed by atoms with Crippen molar-refractivity contribution in [2.24, 2.45) is 5.41 Å². The molecule has 2 fully saturated rings. The summed E-state index contributed by atoms with van der Waals surface area (Å²) in [4.78, 5) is 7.50. The third-order valence-corrected chi connectivity index (χ3v) is 6.89. The van der Waals surface area contributed by atoms with Gasteiger partial charge in [0, 0.05) is 31.1 Å². The topological polar surface area (TPSA) is 26.7 Å². The highest BCUT2D eigenvalue weighted by atomic mass is 32.1. The molecule has 0 unspecified atom stereocenters. The molecule has 0 aliphatic carbocycles. The van der Waals surface area contributed by atoms with Gasteiger partial charge in [0.2, 0.25) is 0 Å². The standard InChI is InChI=1S/C23H27FN2OS/c24-20-6-4-19(5-7-20)15-25-12-2-10-23(17-25)11-13-26(18-23)16-22-9-8-21(28-22)3-1-14-27/h4-9,27H,2,10-18H2/t23-/m1/s1. The van der Waals surface area contributed by atoms with Crippen LogP contribution in [0, 0.1) is 23.1 Å². The van der Waals surface area contributed by atoms with Gasteiger partial charge in [-0.3, -0.25) is 9.80 Å².